The maximum Gasteiger partial charge on any atom is 0.407 e. The maximum absolute atomic E-state index is 11.8. The van der Waals surface area contributed by atoms with Crippen molar-refractivity contribution in [3.8, 4) is 0 Å². The number of nitrogens with one attached hydrogen (secondary N) is 1. The summed E-state index contributed by atoms with van der Waals surface area (Å²) in [6, 6.07) is 0.191. The molecule has 0 unspecified atom stereocenters. The van der Waals surface area contributed by atoms with Crippen LogP contribution in [0.25, 0.3) is 0 Å². The number of rotatable bonds is 5. The summed E-state index contributed by atoms with van der Waals surface area (Å²) in [7, 11) is 0. The van der Waals surface area contributed by atoms with Crippen molar-refractivity contribution in [3.05, 3.63) is 11.6 Å². The van der Waals surface area contributed by atoms with E-state index in [-0.39, 0.29) is 18.1 Å². The molecule has 0 aromatic rings. The van der Waals surface area contributed by atoms with Gasteiger partial charge < -0.3 is 14.8 Å². The summed E-state index contributed by atoms with van der Waals surface area (Å²) >= 11 is 0. The average molecular weight is 325 g/mol. The zero-order valence-corrected chi connectivity index (χ0v) is 15.1. The molecule has 0 heterocycles. The van der Waals surface area contributed by atoms with Gasteiger partial charge in [0.25, 0.3) is 0 Å². The molecule has 0 aliphatic heterocycles. The topological polar surface area (TPSA) is 64.6 Å². The molecule has 5 heteroatoms. The van der Waals surface area contributed by atoms with Crippen LogP contribution in [0, 0.1) is 5.92 Å². The second kappa shape index (κ2) is 8.94. The standard InChI is InChI=1S/C18H31NO4/c1-6-22-16(20)13(2)7-8-14-9-11-15(12-10-14)19-17(21)23-18(3,4)5/h7,14-15H,6,8-12H2,1-5H3,(H,19,21). The van der Waals surface area contributed by atoms with Crippen molar-refractivity contribution in [2.24, 2.45) is 5.92 Å². The van der Waals surface area contributed by atoms with E-state index in [1.54, 1.807) is 6.92 Å². The van der Waals surface area contributed by atoms with Crippen molar-refractivity contribution in [2.45, 2.75) is 78.4 Å². The maximum atomic E-state index is 11.8. The van der Waals surface area contributed by atoms with Crippen LogP contribution < -0.4 is 5.32 Å². The quantitative estimate of drug-likeness (QED) is 0.613. The summed E-state index contributed by atoms with van der Waals surface area (Å²) in [6.45, 7) is 9.61. The van der Waals surface area contributed by atoms with Crippen LogP contribution in [0.15, 0.2) is 11.6 Å². The normalized spacial score (nSPS) is 22.4. The Balaban J connectivity index is 2.31. The Kier molecular flexibility index (Phi) is 7.59. The predicted molar refractivity (Wildman–Crippen MR) is 90.1 cm³/mol. The zero-order valence-electron chi connectivity index (χ0n) is 15.1. The minimum atomic E-state index is -0.462. The Morgan fingerprint density at radius 2 is 1.78 bits per heavy atom. The summed E-state index contributed by atoms with van der Waals surface area (Å²) in [5.74, 6) is 0.337. The van der Waals surface area contributed by atoms with Gasteiger partial charge in [0, 0.05) is 11.6 Å². The van der Waals surface area contributed by atoms with E-state index in [4.69, 9.17) is 9.47 Å². The summed E-state index contributed by atoms with van der Waals surface area (Å²) in [4.78, 5) is 23.3. The van der Waals surface area contributed by atoms with E-state index < -0.39 is 5.60 Å². The first kappa shape index (κ1) is 19.5. The third-order valence-electron chi connectivity index (χ3n) is 3.92. The fourth-order valence-electron chi connectivity index (χ4n) is 2.69. The van der Waals surface area contributed by atoms with Crippen molar-refractivity contribution in [2.75, 3.05) is 6.61 Å². The van der Waals surface area contributed by atoms with Gasteiger partial charge in [0.2, 0.25) is 0 Å². The summed E-state index contributed by atoms with van der Waals surface area (Å²) < 4.78 is 10.3. The predicted octanol–water partition coefficient (Wildman–Crippen LogP) is 3.97. The molecule has 0 aromatic heterocycles. The van der Waals surface area contributed by atoms with Crippen LogP contribution in [0.3, 0.4) is 0 Å². The highest BCUT2D eigenvalue weighted by Gasteiger charge is 2.24. The average Bonchev–Trinajstić information content (AvgIpc) is 2.44. The fraction of sp³-hybridized carbons (Fsp3) is 0.778. The Bertz CT molecular complexity index is 429. The number of alkyl carbamates (subject to hydrolysis) is 1. The third-order valence-corrected chi connectivity index (χ3v) is 3.92. The Morgan fingerprint density at radius 3 is 2.30 bits per heavy atom. The Hall–Kier alpha value is -1.52. The van der Waals surface area contributed by atoms with Crippen LogP contribution in [0.5, 0.6) is 0 Å². The molecule has 1 N–H and O–H groups in total. The van der Waals surface area contributed by atoms with Gasteiger partial charge in [-0.3, -0.25) is 0 Å². The van der Waals surface area contributed by atoms with Crippen molar-refractivity contribution in [3.63, 3.8) is 0 Å². The first-order valence-corrected chi connectivity index (χ1v) is 8.54. The molecule has 0 saturated heterocycles. The van der Waals surface area contributed by atoms with Gasteiger partial charge in [-0.1, -0.05) is 6.08 Å². The SMILES string of the molecule is CCOC(=O)C(C)=CCC1CCC(NC(=O)OC(C)(C)C)CC1. The van der Waals surface area contributed by atoms with Crippen LogP contribution in [-0.4, -0.2) is 30.3 Å². The molecule has 0 radical (unpaired) electrons. The highest BCUT2D eigenvalue weighted by Crippen LogP contribution is 2.27. The van der Waals surface area contributed by atoms with Crippen molar-refractivity contribution in [1.29, 1.82) is 0 Å². The molecule has 0 bridgehead atoms. The van der Waals surface area contributed by atoms with Gasteiger partial charge in [0.15, 0.2) is 0 Å². The molecular weight excluding hydrogens is 294 g/mol. The zero-order chi connectivity index (χ0) is 17.5. The van der Waals surface area contributed by atoms with Crippen molar-refractivity contribution in [1.82, 2.24) is 5.32 Å². The lowest BCUT2D eigenvalue weighted by Crippen LogP contribution is -2.40. The molecule has 1 aliphatic carbocycles. The van der Waals surface area contributed by atoms with Gasteiger partial charge in [-0.25, -0.2) is 9.59 Å². The lowest BCUT2D eigenvalue weighted by atomic mass is 9.84. The first-order valence-electron chi connectivity index (χ1n) is 8.54. The van der Waals surface area contributed by atoms with Gasteiger partial charge in [-0.15, -0.1) is 0 Å². The number of allylic oxidation sites excluding steroid dienone is 1. The molecule has 1 amide bonds. The summed E-state index contributed by atoms with van der Waals surface area (Å²) in [5.41, 5.74) is 0.220. The highest BCUT2D eigenvalue weighted by molar-refractivity contribution is 5.87. The van der Waals surface area contributed by atoms with Gasteiger partial charge in [0.05, 0.1) is 6.61 Å². The van der Waals surface area contributed by atoms with E-state index in [9.17, 15) is 9.59 Å². The van der Waals surface area contributed by atoms with Gasteiger partial charge in [-0.05, 0) is 72.6 Å². The summed E-state index contributed by atoms with van der Waals surface area (Å²) in [6.07, 6.45) is 6.54. The number of carbonyl (C=O) groups is 2. The molecule has 1 aliphatic rings. The van der Waals surface area contributed by atoms with Crippen LogP contribution in [0.2, 0.25) is 0 Å². The van der Waals surface area contributed by atoms with Gasteiger partial charge in [0.1, 0.15) is 5.60 Å². The second-order valence-electron chi connectivity index (χ2n) is 7.21. The molecule has 0 atom stereocenters. The monoisotopic (exact) mass is 325 g/mol. The van der Waals surface area contributed by atoms with Crippen molar-refractivity contribution < 1.29 is 19.1 Å². The van der Waals surface area contributed by atoms with Crippen molar-refractivity contribution >= 4 is 12.1 Å². The lowest BCUT2D eigenvalue weighted by molar-refractivity contribution is -0.138. The largest absolute Gasteiger partial charge is 0.463 e. The molecule has 132 valence electrons. The number of carbonyl (C=O) groups excluding carboxylic acids is 2. The minimum Gasteiger partial charge on any atom is -0.463 e. The van der Waals surface area contributed by atoms with Gasteiger partial charge in [-0.2, -0.15) is 0 Å². The van der Waals surface area contributed by atoms with Crippen LogP contribution >= 0.6 is 0 Å². The smallest absolute Gasteiger partial charge is 0.407 e. The summed E-state index contributed by atoms with van der Waals surface area (Å²) in [5, 5.41) is 2.95. The Labute approximate surface area is 139 Å². The van der Waals surface area contributed by atoms with E-state index in [0.717, 1.165) is 32.1 Å². The van der Waals surface area contributed by atoms with E-state index in [1.165, 1.54) is 0 Å². The highest BCUT2D eigenvalue weighted by atomic mass is 16.6. The molecule has 1 fully saturated rings. The van der Waals surface area contributed by atoms with E-state index in [2.05, 4.69) is 5.32 Å². The van der Waals surface area contributed by atoms with Crippen LogP contribution in [-0.2, 0) is 14.3 Å². The lowest BCUT2D eigenvalue weighted by Gasteiger charge is -2.29. The van der Waals surface area contributed by atoms with E-state index >= 15 is 0 Å². The number of hydrogen-bond acceptors (Lipinski definition) is 4. The molecular formula is C18H31NO4. The minimum absolute atomic E-state index is 0.191. The van der Waals surface area contributed by atoms with Gasteiger partial charge >= 0.3 is 12.1 Å². The molecule has 5 nitrogen and oxygen atoms in total. The van der Waals surface area contributed by atoms with Crippen LogP contribution in [0.1, 0.15) is 66.7 Å². The van der Waals surface area contributed by atoms with E-state index in [0.29, 0.717) is 18.1 Å². The number of amides is 1. The molecule has 1 rings (SSSR count). The van der Waals surface area contributed by atoms with Crippen LogP contribution in [0.4, 0.5) is 4.79 Å². The molecule has 0 spiro atoms. The molecule has 23 heavy (non-hydrogen) atoms. The molecule has 0 aromatic carbocycles. The number of ether oxygens (including phenoxy) is 2. The third kappa shape index (κ3) is 8.05. The number of esters is 1. The first-order chi connectivity index (χ1) is 10.7. The second-order valence-corrected chi connectivity index (χ2v) is 7.21. The van der Waals surface area contributed by atoms with E-state index in [1.807, 2.05) is 33.8 Å². The Morgan fingerprint density at radius 1 is 1.17 bits per heavy atom. The molecule has 1 saturated carbocycles. The number of hydrogen-bond donors (Lipinski definition) is 1. The fourth-order valence-corrected chi connectivity index (χ4v) is 2.69.